The van der Waals surface area contributed by atoms with E-state index < -0.39 is 0 Å². The number of carbonyl (C=O) groups excluding carboxylic acids is 1. The maximum absolute atomic E-state index is 12.0. The van der Waals surface area contributed by atoms with Gasteiger partial charge in [0.2, 0.25) is 5.91 Å². The molecule has 0 bridgehead atoms. The molecule has 3 rings (SSSR count). The third-order valence-electron chi connectivity index (χ3n) is 3.47. The largest absolute Gasteiger partial charge is 0.491 e. The number of amides is 1. The summed E-state index contributed by atoms with van der Waals surface area (Å²) in [7, 11) is 0. The molecule has 6 heteroatoms. The SMILES string of the molecule is Cl.O=C(CC1COCCN1)NC1COc2ccccc21. The number of ether oxygens (including phenoxy) is 2. The van der Waals surface area contributed by atoms with Gasteiger partial charge in [-0.15, -0.1) is 12.4 Å². The zero-order valence-corrected chi connectivity index (χ0v) is 11.9. The first-order valence-corrected chi connectivity index (χ1v) is 6.65. The van der Waals surface area contributed by atoms with Gasteiger partial charge in [0.25, 0.3) is 0 Å². The molecule has 2 unspecified atom stereocenters. The van der Waals surface area contributed by atoms with Crippen LogP contribution >= 0.6 is 12.4 Å². The molecule has 1 saturated heterocycles. The second-order valence-corrected chi connectivity index (χ2v) is 4.90. The molecule has 2 heterocycles. The van der Waals surface area contributed by atoms with Crippen molar-refractivity contribution in [2.75, 3.05) is 26.4 Å². The second kappa shape index (κ2) is 6.92. The monoisotopic (exact) mass is 298 g/mol. The topological polar surface area (TPSA) is 59.6 Å². The van der Waals surface area contributed by atoms with Gasteiger partial charge < -0.3 is 20.1 Å². The molecule has 1 amide bonds. The molecule has 2 aliphatic rings. The number of fused-ring (bicyclic) bond motifs is 1. The summed E-state index contributed by atoms with van der Waals surface area (Å²) in [5.41, 5.74) is 1.06. The van der Waals surface area contributed by atoms with Crippen LogP contribution in [-0.2, 0) is 9.53 Å². The number of carbonyl (C=O) groups is 1. The predicted octanol–water partition coefficient (Wildman–Crippen LogP) is 1.04. The first kappa shape index (κ1) is 15.1. The van der Waals surface area contributed by atoms with Crippen LogP contribution in [0, 0.1) is 0 Å². The van der Waals surface area contributed by atoms with Crippen molar-refractivity contribution < 1.29 is 14.3 Å². The van der Waals surface area contributed by atoms with E-state index in [4.69, 9.17) is 9.47 Å². The molecule has 20 heavy (non-hydrogen) atoms. The first-order chi connectivity index (χ1) is 9.33. The van der Waals surface area contributed by atoms with Crippen molar-refractivity contribution >= 4 is 18.3 Å². The fraction of sp³-hybridized carbons (Fsp3) is 0.500. The van der Waals surface area contributed by atoms with Crippen LogP contribution in [0.4, 0.5) is 0 Å². The van der Waals surface area contributed by atoms with E-state index in [-0.39, 0.29) is 30.4 Å². The van der Waals surface area contributed by atoms with Gasteiger partial charge in [-0.25, -0.2) is 0 Å². The summed E-state index contributed by atoms with van der Waals surface area (Å²) in [6.07, 6.45) is 0.443. The van der Waals surface area contributed by atoms with Crippen LogP contribution in [0.5, 0.6) is 5.75 Å². The normalized spacial score (nSPS) is 24.2. The number of hydrogen-bond acceptors (Lipinski definition) is 4. The van der Waals surface area contributed by atoms with Crippen molar-refractivity contribution in [2.24, 2.45) is 0 Å². The Morgan fingerprint density at radius 2 is 2.20 bits per heavy atom. The van der Waals surface area contributed by atoms with E-state index in [0.717, 1.165) is 24.5 Å². The zero-order chi connectivity index (χ0) is 13.1. The summed E-state index contributed by atoms with van der Waals surface area (Å²) < 4.78 is 10.9. The molecule has 2 atom stereocenters. The van der Waals surface area contributed by atoms with E-state index in [1.54, 1.807) is 0 Å². The van der Waals surface area contributed by atoms with E-state index in [9.17, 15) is 4.79 Å². The average Bonchev–Trinajstić information content (AvgIpc) is 2.83. The standard InChI is InChI=1S/C14H18N2O3.ClH/c17-14(7-10-8-18-6-5-15-10)16-12-9-19-13-4-2-1-3-11(12)13;/h1-4,10,12,15H,5-9H2,(H,16,17);1H. The third kappa shape index (κ3) is 3.42. The fourth-order valence-electron chi connectivity index (χ4n) is 2.51. The Bertz CT molecular complexity index is 463. The lowest BCUT2D eigenvalue weighted by molar-refractivity contribution is -0.123. The minimum atomic E-state index is -0.0341. The lowest BCUT2D eigenvalue weighted by atomic mass is 10.1. The Hall–Kier alpha value is -1.30. The van der Waals surface area contributed by atoms with Crippen molar-refractivity contribution in [3.8, 4) is 5.75 Å². The Balaban J connectivity index is 0.00000147. The Labute approximate surface area is 124 Å². The molecule has 5 nitrogen and oxygen atoms in total. The molecule has 1 aromatic rings. The van der Waals surface area contributed by atoms with Crippen molar-refractivity contribution in [1.82, 2.24) is 10.6 Å². The van der Waals surface area contributed by atoms with E-state index in [1.165, 1.54) is 0 Å². The molecule has 110 valence electrons. The van der Waals surface area contributed by atoms with Gasteiger partial charge in [-0.1, -0.05) is 18.2 Å². The van der Waals surface area contributed by atoms with E-state index >= 15 is 0 Å². The van der Waals surface area contributed by atoms with Crippen LogP contribution in [0.3, 0.4) is 0 Å². The maximum atomic E-state index is 12.0. The number of nitrogens with one attached hydrogen (secondary N) is 2. The van der Waals surface area contributed by atoms with Gasteiger partial charge in [0.15, 0.2) is 0 Å². The highest BCUT2D eigenvalue weighted by Gasteiger charge is 2.26. The first-order valence-electron chi connectivity index (χ1n) is 6.65. The molecule has 2 N–H and O–H groups in total. The number of morpholine rings is 1. The summed E-state index contributed by atoms with van der Waals surface area (Å²) in [6, 6.07) is 7.91. The third-order valence-corrected chi connectivity index (χ3v) is 3.47. The van der Waals surface area contributed by atoms with Gasteiger partial charge in [-0.3, -0.25) is 4.79 Å². The van der Waals surface area contributed by atoms with Gasteiger partial charge in [-0.05, 0) is 6.07 Å². The number of hydrogen-bond donors (Lipinski definition) is 2. The summed E-state index contributed by atoms with van der Waals surface area (Å²) >= 11 is 0. The van der Waals surface area contributed by atoms with Crippen LogP contribution in [0.25, 0.3) is 0 Å². The van der Waals surface area contributed by atoms with Crippen LogP contribution in [0.2, 0.25) is 0 Å². The molecular formula is C14H19ClN2O3. The molecule has 0 aromatic heterocycles. The van der Waals surface area contributed by atoms with Crippen molar-refractivity contribution in [1.29, 1.82) is 0 Å². The molecule has 0 saturated carbocycles. The van der Waals surface area contributed by atoms with Crippen molar-refractivity contribution in [3.05, 3.63) is 29.8 Å². The Morgan fingerprint density at radius 3 is 3.00 bits per heavy atom. The van der Waals surface area contributed by atoms with Crippen LogP contribution < -0.4 is 15.4 Å². The van der Waals surface area contributed by atoms with Crippen LogP contribution in [0.1, 0.15) is 18.0 Å². The van der Waals surface area contributed by atoms with Gasteiger partial charge in [0.1, 0.15) is 12.4 Å². The highest BCUT2D eigenvalue weighted by Crippen LogP contribution is 2.31. The lowest BCUT2D eigenvalue weighted by Crippen LogP contribution is -2.44. The van der Waals surface area contributed by atoms with Gasteiger partial charge in [0.05, 0.1) is 19.3 Å². The average molecular weight is 299 g/mol. The highest BCUT2D eigenvalue weighted by molar-refractivity contribution is 5.85. The predicted molar refractivity (Wildman–Crippen MR) is 77.3 cm³/mol. The van der Waals surface area contributed by atoms with E-state index in [0.29, 0.717) is 19.6 Å². The fourth-order valence-corrected chi connectivity index (χ4v) is 2.51. The summed E-state index contributed by atoms with van der Waals surface area (Å²) in [6.45, 7) is 2.65. The quantitative estimate of drug-likeness (QED) is 0.875. The molecule has 1 aromatic carbocycles. The molecular weight excluding hydrogens is 280 g/mol. The number of halogens is 1. The molecule has 0 radical (unpaired) electrons. The minimum absolute atomic E-state index is 0. The molecule has 2 aliphatic heterocycles. The number of para-hydroxylation sites is 1. The number of rotatable bonds is 3. The highest BCUT2D eigenvalue weighted by atomic mass is 35.5. The van der Waals surface area contributed by atoms with Gasteiger partial charge in [0, 0.05) is 24.6 Å². The Morgan fingerprint density at radius 1 is 1.35 bits per heavy atom. The van der Waals surface area contributed by atoms with Crippen LogP contribution in [0.15, 0.2) is 24.3 Å². The number of benzene rings is 1. The summed E-state index contributed by atoms with van der Waals surface area (Å²) in [5, 5.41) is 6.30. The van der Waals surface area contributed by atoms with E-state index in [1.807, 2.05) is 24.3 Å². The summed E-state index contributed by atoms with van der Waals surface area (Å²) in [4.78, 5) is 12.0. The Kier molecular flexibility index (Phi) is 5.23. The molecule has 0 spiro atoms. The smallest absolute Gasteiger partial charge is 0.222 e. The second-order valence-electron chi connectivity index (χ2n) is 4.90. The minimum Gasteiger partial charge on any atom is -0.491 e. The van der Waals surface area contributed by atoms with Crippen molar-refractivity contribution in [3.63, 3.8) is 0 Å². The summed E-state index contributed by atoms with van der Waals surface area (Å²) in [5.74, 6) is 0.903. The lowest BCUT2D eigenvalue weighted by Gasteiger charge is -2.23. The molecule has 1 fully saturated rings. The van der Waals surface area contributed by atoms with Gasteiger partial charge >= 0.3 is 0 Å². The maximum Gasteiger partial charge on any atom is 0.222 e. The molecule has 0 aliphatic carbocycles. The zero-order valence-electron chi connectivity index (χ0n) is 11.1. The van der Waals surface area contributed by atoms with Crippen LogP contribution in [-0.4, -0.2) is 38.3 Å². The van der Waals surface area contributed by atoms with Crippen molar-refractivity contribution in [2.45, 2.75) is 18.5 Å². The van der Waals surface area contributed by atoms with Gasteiger partial charge in [-0.2, -0.15) is 0 Å². The van der Waals surface area contributed by atoms with E-state index in [2.05, 4.69) is 10.6 Å².